The van der Waals surface area contributed by atoms with Crippen LogP contribution in [-0.4, -0.2) is 11.0 Å². The van der Waals surface area contributed by atoms with Gasteiger partial charge in [0.05, 0.1) is 0 Å². The topological polar surface area (TPSA) is 62.2 Å². The largest absolute Gasteiger partial charge is 0.308 e. The van der Waals surface area contributed by atoms with Crippen molar-refractivity contribution in [2.45, 2.75) is 37.7 Å². The Hall–Kier alpha value is 0.0400. The number of halogens is 1. The van der Waals surface area contributed by atoms with E-state index in [-0.39, 0.29) is 6.17 Å². The molecule has 3 atom stereocenters. The zero-order valence-corrected chi connectivity index (χ0v) is 8.63. The van der Waals surface area contributed by atoms with E-state index in [4.69, 9.17) is 11.3 Å². The van der Waals surface area contributed by atoms with Crippen molar-refractivity contribution in [1.82, 2.24) is 0 Å². The fourth-order valence-corrected chi connectivity index (χ4v) is 0.992. The summed E-state index contributed by atoms with van der Waals surface area (Å²) >= 11 is 3.49. The molecule has 0 spiro atoms. The molecular formula is C7H16BrN3. The van der Waals surface area contributed by atoms with Gasteiger partial charge in [-0.05, 0) is 18.8 Å². The monoisotopic (exact) mass is 221 g/mol. The lowest BCUT2D eigenvalue weighted by molar-refractivity contribution is 0.464. The number of hydrogen-bond acceptors (Lipinski definition) is 3. The summed E-state index contributed by atoms with van der Waals surface area (Å²) in [6.07, 6.45) is 1.53. The first kappa shape index (κ1) is 11.0. The van der Waals surface area contributed by atoms with Crippen molar-refractivity contribution in [3.05, 3.63) is 0 Å². The highest BCUT2D eigenvalue weighted by molar-refractivity contribution is 9.09. The Labute approximate surface area is 76.4 Å². The first-order valence-corrected chi connectivity index (χ1v) is 4.75. The summed E-state index contributed by atoms with van der Waals surface area (Å²) in [5.74, 6) is 0.600. The molecule has 3 N–H and O–H groups in total. The summed E-state index contributed by atoms with van der Waals surface area (Å²) < 4.78 is 0. The van der Waals surface area contributed by atoms with Gasteiger partial charge in [-0.3, -0.25) is 0 Å². The molecule has 0 radical (unpaired) electrons. The molecule has 0 heterocycles. The predicted molar refractivity (Wildman–Crippen MR) is 49.9 cm³/mol. The molecule has 66 valence electrons. The molecule has 0 aromatic carbocycles. The van der Waals surface area contributed by atoms with E-state index in [0.717, 1.165) is 12.8 Å². The number of nitrogens with one attached hydrogen (secondary N) is 1. The number of nitrogens with zero attached hydrogens (tertiary/aromatic N) is 1. The van der Waals surface area contributed by atoms with Crippen molar-refractivity contribution in [3.63, 3.8) is 0 Å². The van der Waals surface area contributed by atoms with Crippen LogP contribution in [0.1, 0.15) is 26.7 Å². The zero-order chi connectivity index (χ0) is 8.85. The van der Waals surface area contributed by atoms with Crippen LogP contribution in [0.5, 0.6) is 0 Å². The second-order valence-corrected chi connectivity index (χ2v) is 4.37. The molecule has 11 heavy (non-hydrogen) atoms. The lowest BCUT2D eigenvalue weighted by Gasteiger charge is -2.14. The van der Waals surface area contributed by atoms with Gasteiger partial charge in [0.1, 0.15) is 6.17 Å². The Morgan fingerprint density at radius 3 is 2.36 bits per heavy atom. The van der Waals surface area contributed by atoms with Gasteiger partial charge in [-0.15, -0.1) is 0 Å². The van der Waals surface area contributed by atoms with Crippen LogP contribution in [0.3, 0.4) is 0 Å². The molecule has 0 bridgehead atoms. The van der Waals surface area contributed by atoms with Crippen molar-refractivity contribution >= 4 is 15.9 Å². The molecule has 0 aliphatic rings. The third-order valence-corrected chi connectivity index (χ3v) is 2.77. The highest BCUT2D eigenvalue weighted by atomic mass is 79.9. The van der Waals surface area contributed by atoms with Crippen LogP contribution in [0.15, 0.2) is 5.11 Å². The number of nitrogens with two attached hydrogens (primary N) is 1. The van der Waals surface area contributed by atoms with E-state index in [1.807, 2.05) is 0 Å². The third-order valence-electron chi connectivity index (χ3n) is 1.87. The molecule has 0 aliphatic carbocycles. The molecule has 0 aromatic heterocycles. The van der Waals surface area contributed by atoms with Crippen LogP contribution in [0.25, 0.3) is 0 Å². The molecule has 0 saturated heterocycles. The molecule has 0 aromatic rings. The summed E-state index contributed by atoms with van der Waals surface area (Å²) in [5, 5.41) is 3.23. The lowest BCUT2D eigenvalue weighted by atomic mass is 10.0. The van der Waals surface area contributed by atoms with Crippen LogP contribution in [0.4, 0.5) is 0 Å². The second-order valence-electron chi connectivity index (χ2n) is 2.93. The molecule has 0 saturated carbocycles. The van der Waals surface area contributed by atoms with Crippen molar-refractivity contribution in [1.29, 1.82) is 5.53 Å². The van der Waals surface area contributed by atoms with E-state index in [1.54, 1.807) is 0 Å². The quantitative estimate of drug-likeness (QED) is 0.544. The minimum absolute atomic E-state index is 0.302. The summed E-state index contributed by atoms with van der Waals surface area (Å²) in [6, 6.07) is 0. The van der Waals surface area contributed by atoms with Gasteiger partial charge >= 0.3 is 0 Å². The van der Waals surface area contributed by atoms with Crippen LogP contribution in [0, 0.1) is 11.4 Å². The molecule has 0 rings (SSSR count). The van der Waals surface area contributed by atoms with Crippen molar-refractivity contribution in [2.24, 2.45) is 16.8 Å². The van der Waals surface area contributed by atoms with Gasteiger partial charge in [0.25, 0.3) is 0 Å². The highest BCUT2D eigenvalue weighted by Gasteiger charge is 2.09. The first-order chi connectivity index (χ1) is 5.07. The summed E-state index contributed by atoms with van der Waals surface area (Å²) in [7, 11) is 0. The minimum Gasteiger partial charge on any atom is -0.308 e. The average molecular weight is 222 g/mol. The van der Waals surface area contributed by atoms with Crippen molar-refractivity contribution in [2.75, 3.05) is 0 Å². The zero-order valence-electron chi connectivity index (χ0n) is 7.05. The Bertz CT molecular complexity index is 116. The smallest absolute Gasteiger partial charge is 0.118 e. The summed E-state index contributed by atoms with van der Waals surface area (Å²) in [5.41, 5.74) is 12.1. The van der Waals surface area contributed by atoms with Crippen molar-refractivity contribution < 1.29 is 0 Å². The maximum atomic E-state index is 6.65. The molecule has 0 aliphatic heterocycles. The van der Waals surface area contributed by atoms with Crippen LogP contribution < -0.4 is 5.73 Å². The summed E-state index contributed by atoms with van der Waals surface area (Å²) in [4.78, 5) is 0.514. The average Bonchev–Trinajstić information content (AvgIpc) is 1.99. The van der Waals surface area contributed by atoms with Gasteiger partial charge in [0.2, 0.25) is 0 Å². The second kappa shape index (κ2) is 5.66. The van der Waals surface area contributed by atoms with E-state index in [2.05, 4.69) is 34.9 Å². The molecule has 4 heteroatoms. The molecule has 3 nitrogen and oxygen atoms in total. The Balaban J connectivity index is 3.45. The fourth-order valence-electron chi connectivity index (χ4n) is 0.728. The molecule has 0 fully saturated rings. The molecule has 0 amide bonds. The van der Waals surface area contributed by atoms with E-state index < -0.39 is 0 Å². The minimum atomic E-state index is -0.302. The standard InChI is InChI=1S/C7H16BrN3/c1-5(6(2)8)3-4-7(9)11-10/h5-7,10H,3-4,9H2,1-2H3/t5-,6+,7-/m0/s1. The number of rotatable bonds is 5. The maximum Gasteiger partial charge on any atom is 0.118 e. The van der Waals surface area contributed by atoms with E-state index in [9.17, 15) is 0 Å². The van der Waals surface area contributed by atoms with Crippen LogP contribution in [0.2, 0.25) is 0 Å². The third kappa shape index (κ3) is 5.32. The van der Waals surface area contributed by atoms with Gasteiger partial charge in [-0.25, -0.2) is 5.53 Å². The molecular weight excluding hydrogens is 206 g/mol. The Morgan fingerprint density at radius 1 is 1.45 bits per heavy atom. The Morgan fingerprint density at radius 2 is 2.00 bits per heavy atom. The van der Waals surface area contributed by atoms with Crippen LogP contribution in [-0.2, 0) is 0 Å². The predicted octanol–water partition coefficient (Wildman–Crippen LogP) is 2.50. The van der Waals surface area contributed by atoms with Gasteiger partial charge < -0.3 is 5.73 Å². The van der Waals surface area contributed by atoms with Crippen LogP contribution >= 0.6 is 15.9 Å². The normalized spacial score (nSPS) is 18.9. The van der Waals surface area contributed by atoms with E-state index >= 15 is 0 Å². The van der Waals surface area contributed by atoms with E-state index in [1.165, 1.54) is 0 Å². The van der Waals surface area contributed by atoms with E-state index in [0.29, 0.717) is 10.7 Å². The van der Waals surface area contributed by atoms with Gasteiger partial charge in [-0.1, -0.05) is 29.8 Å². The Kier molecular flexibility index (Phi) is 5.68. The SMILES string of the molecule is C[C@@H](Br)[C@@H](C)CC[C@@H](N)N=N. The lowest BCUT2D eigenvalue weighted by Crippen LogP contribution is -2.18. The number of hydrogen-bond donors (Lipinski definition) is 2. The highest BCUT2D eigenvalue weighted by Crippen LogP contribution is 2.17. The fraction of sp³-hybridized carbons (Fsp3) is 1.00. The van der Waals surface area contributed by atoms with Gasteiger partial charge in [-0.2, -0.15) is 5.11 Å². The molecule has 0 unspecified atom stereocenters. The van der Waals surface area contributed by atoms with Gasteiger partial charge in [0, 0.05) is 4.83 Å². The van der Waals surface area contributed by atoms with Gasteiger partial charge in [0.15, 0.2) is 0 Å². The van der Waals surface area contributed by atoms with Crippen molar-refractivity contribution in [3.8, 4) is 0 Å². The first-order valence-electron chi connectivity index (χ1n) is 3.84. The maximum absolute atomic E-state index is 6.65. The summed E-state index contributed by atoms with van der Waals surface area (Å²) in [6.45, 7) is 4.28. The number of alkyl halides is 1.